The standard InChI is InChI=1S/C12H15ClO3/c1-16-10-6-4-9(5-7-10)11(12(14)15)3-2-8-13/h4-7,11H,2-3,8H2,1H3,(H,14,15). The SMILES string of the molecule is COc1ccc(C(CCCCl)C(=O)O)cc1. The van der Waals surface area contributed by atoms with Gasteiger partial charge in [0.25, 0.3) is 0 Å². The van der Waals surface area contributed by atoms with Crippen molar-refractivity contribution >= 4 is 17.6 Å². The monoisotopic (exact) mass is 242 g/mol. The Balaban J connectivity index is 2.79. The third-order valence-corrected chi connectivity index (χ3v) is 2.71. The number of benzene rings is 1. The molecule has 0 aromatic heterocycles. The highest BCUT2D eigenvalue weighted by Gasteiger charge is 2.18. The lowest BCUT2D eigenvalue weighted by Gasteiger charge is -2.12. The molecule has 3 nitrogen and oxygen atoms in total. The molecular weight excluding hydrogens is 228 g/mol. The van der Waals surface area contributed by atoms with Crippen LogP contribution in [-0.2, 0) is 4.79 Å². The van der Waals surface area contributed by atoms with Crippen LogP contribution < -0.4 is 4.74 Å². The summed E-state index contributed by atoms with van der Waals surface area (Å²) in [5, 5.41) is 9.11. The zero-order valence-corrected chi connectivity index (χ0v) is 9.91. The van der Waals surface area contributed by atoms with E-state index in [0.717, 1.165) is 11.3 Å². The molecule has 1 aromatic carbocycles. The highest BCUT2D eigenvalue weighted by Crippen LogP contribution is 2.24. The van der Waals surface area contributed by atoms with Crippen molar-refractivity contribution in [3.8, 4) is 5.75 Å². The average molecular weight is 243 g/mol. The third-order valence-electron chi connectivity index (χ3n) is 2.44. The number of carbonyl (C=O) groups is 1. The lowest BCUT2D eigenvalue weighted by molar-refractivity contribution is -0.139. The van der Waals surface area contributed by atoms with E-state index in [-0.39, 0.29) is 0 Å². The molecule has 1 atom stereocenters. The minimum absolute atomic E-state index is 0.482. The smallest absolute Gasteiger partial charge is 0.310 e. The molecule has 88 valence electrons. The highest BCUT2D eigenvalue weighted by molar-refractivity contribution is 6.17. The molecule has 0 spiro atoms. The topological polar surface area (TPSA) is 46.5 Å². The number of hydrogen-bond acceptors (Lipinski definition) is 2. The van der Waals surface area contributed by atoms with Gasteiger partial charge in [-0.3, -0.25) is 4.79 Å². The first-order valence-corrected chi connectivity index (χ1v) is 5.65. The van der Waals surface area contributed by atoms with Gasteiger partial charge in [0.05, 0.1) is 13.0 Å². The Morgan fingerprint density at radius 1 is 1.44 bits per heavy atom. The number of aliphatic carboxylic acids is 1. The van der Waals surface area contributed by atoms with E-state index >= 15 is 0 Å². The van der Waals surface area contributed by atoms with Crippen molar-refractivity contribution < 1.29 is 14.6 Å². The van der Waals surface area contributed by atoms with Crippen molar-refractivity contribution in [3.05, 3.63) is 29.8 Å². The number of alkyl halides is 1. The predicted molar refractivity (Wildman–Crippen MR) is 63.3 cm³/mol. The van der Waals surface area contributed by atoms with E-state index in [1.54, 1.807) is 31.4 Å². The Morgan fingerprint density at radius 2 is 2.06 bits per heavy atom. The first-order valence-electron chi connectivity index (χ1n) is 5.11. The van der Waals surface area contributed by atoms with E-state index in [4.69, 9.17) is 21.4 Å². The summed E-state index contributed by atoms with van der Waals surface area (Å²) in [5.74, 6) is -0.0786. The van der Waals surface area contributed by atoms with Gasteiger partial charge in [0, 0.05) is 5.88 Å². The van der Waals surface area contributed by atoms with E-state index in [2.05, 4.69) is 0 Å². The van der Waals surface area contributed by atoms with Crippen molar-refractivity contribution in [2.45, 2.75) is 18.8 Å². The maximum absolute atomic E-state index is 11.1. The number of carboxylic acid groups (broad SMARTS) is 1. The quantitative estimate of drug-likeness (QED) is 0.781. The molecule has 0 radical (unpaired) electrons. The summed E-state index contributed by atoms with van der Waals surface area (Å²) < 4.78 is 5.02. The first-order chi connectivity index (χ1) is 7.69. The van der Waals surface area contributed by atoms with E-state index in [9.17, 15) is 4.79 Å². The summed E-state index contributed by atoms with van der Waals surface area (Å²) >= 11 is 5.57. The van der Waals surface area contributed by atoms with E-state index < -0.39 is 11.9 Å². The molecule has 0 aliphatic heterocycles. The van der Waals surface area contributed by atoms with Crippen LogP contribution in [0.4, 0.5) is 0 Å². The van der Waals surface area contributed by atoms with Crippen LogP contribution in [-0.4, -0.2) is 24.1 Å². The fraction of sp³-hybridized carbons (Fsp3) is 0.417. The molecular formula is C12H15ClO3. The molecule has 0 heterocycles. The van der Waals surface area contributed by atoms with E-state index in [0.29, 0.717) is 18.7 Å². The molecule has 0 amide bonds. The van der Waals surface area contributed by atoms with Crippen LogP contribution in [0.2, 0.25) is 0 Å². The summed E-state index contributed by atoms with van der Waals surface area (Å²) in [6, 6.07) is 7.11. The van der Waals surface area contributed by atoms with Gasteiger partial charge in [-0.25, -0.2) is 0 Å². The Morgan fingerprint density at radius 3 is 2.50 bits per heavy atom. The first kappa shape index (κ1) is 12.8. The molecule has 1 N–H and O–H groups in total. The van der Waals surface area contributed by atoms with Gasteiger partial charge < -0.3 is 9.84 Å². The normalized spacial score (nSPS) is 12.1. The molecule has 1 rings (SSSR count). The molecule has 1 unspecified atom stereocenters. The van der Waals surface area contributed by atoms with Gasteiger partial charge in [0.2, 0.25) is 0 Å². The molecule has 0 aliphatic carbocycles. The second kappa shape index (κ2) is 6.38. The van der Waals surface area contributed by atoms with Crippen LogP contribution in [0.25, 0.3) is 0 Å². The predicted octanol–water partition coefficient (Wildman–Crippen LogP) is 2.88. The van der Waals surface area contributed by atoms with Crippen LogP contribution in [0.3, 0.4) is 0 Å². The summed E-state index contributed by atoms with van der Waals surface area (Å²) in [5.41, 5.74) is 0.790. The summed E-state index contributed by atoms with van der Waals surface area (Å²) in [7, 11) is 1.58. The number of carboxylic acids is 1. The maximum atomic E-state index is 11.1. The van der Waals surface area contributed by atoms with Crippen molar-refractivity contribution in [2.24, 2.45) is 0 Å². The lowest BCUT2D eigenvalue weighted by atomic mass is 9.95. The Bertz CT molecular complexity index is 335. The Kier molecular flexibility index (Phi) is 5.12. The van der Waals surface area contributed by atoms with Gasteiger partial charge in [0.15, 0.2) is 0 Å². The van der Waals surface area contributed by atoms with Crippen molar-refractivity contribution in [3.63, 3.8) is 0 Å². The van der Waals surface area contributed by atoms with E-state index in [1.165, 1.54) is 0 Å². The van der Waals surface area contributed by atoms with Gasteiger partial charge in [0.1, 0.15) is 5.75 Å². The zero-order valence-electron chi connectivity index (χ0n) is 9.15. The van der Waals surface area contributed by atoms with E-state index in [1.807, 2.05) is 0 Å². The molecule has 4 heteroatoms. The van der Waals surface area contributed by atoms with Crippen molar-refractivity contribution in [1.29, 1.82) is 0 Å². The third kappa shape index (κ3) is 3.42. The largest absolute Gasteiger partial charge is 0.497 e. The zero-order chi connectivity index (χ0) is 12.0. The molecule has 0 fully saturated rings. The van der Waals surface area contributed by atoms with Crippen LogP contribution in [0, 0.1) is 0 Å². The fourth-order valence-electron chi connectivity index (χ4n) is 1.55. The van der Waals surface area contributed by atoms with Gasteiger partial charge >= 0.3 is 5.97 Å². The average Bonchev–Trinajstić information content (AvgIpc) is 2.30. The second-order valence-electron chi connectivity index (χ2n) is 3.50. The Labute approximate surface area is 100.0 Å². The number of rotatable bonds is 6. The van der Waals surface area contributed by atoms with Gasteiger partial charge in [-0.05, 0) is 30.5 Å². The Hall–Kier alpha value is -1.22. The van der Waals surface area contributed by atoms with Crippen LogP contribution in [0.15, 0.2) is 24.3 Å². The highest BCUT2D eigenvalue weighted by atomic mass is 35.5. The van der Waals surface area contributed by atoms with Crippen LogP contribution in [0.5, 0.6) is 5.75 Å². The minimum Gasteiger partial charge on any atom is -0.497 e. The van der Waals surface area contributed by atoms with Gasteiger partial charge in [-0.15, -0.1) is 11.6 Å². The number of halogens is 1. The van der Waals surface area contributed by atoms with Crippen LogP contribution >= 0.6 is 11.6 Å². The van der Waals surface area contributed by atoms with Gasteiger partial charge in [-0.1, -0.05) is 12.1 Å². The summed E-state index contributed by atoms with van der Waals surface area (Å²) in [4.78, 5) is 11.1. The molecule has 1 aromatic rings. The number of methoxy groups -OCH3 is 1. The molecule has 0 saturated heterocycles. The number of hydrogen-bond donors (Lipinski definition) is 1. The molecule has 16 heavy (non-hydrogen) atoms. The second-order valence-corrected chi connectivity index (χ2v) is 3.87. The molecule has 0 aliphatic rings. The fourth-order valence-corrected chi connectivity index (χ4v) is 1.70. The number of ether oxygens (including phenoxy) is 1. The molecule has 0 saturated carbocycles. The minimum atomic E-state index is -0.810. The van der Waals surface area contributed by atoms with Crippen LogP contribution in [0.1, 0.15) is 24.3 Å². The lowest BCUT2D eigenvalue weighted by Crippen LogP contribution is -2.11. The summed E-state index contributed by atoms with van der Waals surface area (Å²) in [6.07, 6.45) is 1.26. The van der Waals surface area contributed by atoms with Crippen molar-refractivity contribution in [1.82, 2.24) is 0 Å². The maximum Gasteiger partial charge on any atom is 0.310 e. The van der Waals surface area contributed by atoms with Gasteiger partial charge in [-0.2, -0.15) is 0 Å². The van der Waals surface area contributed by atoms with Crippen molar-refractivity contribution in [2.75, 3.05) is 13.0 Å². The molecule has 0 bridgehead atoms. The summed E-state index contributed by atoms with van der Waals surface area (Å²) in [6.45, 7) is 0.